The Morgan fingerprint density at radius 3 is 2.25 bits per heavy atom. The average Bonchev–Trinajstić information content (AvgIpc) is 2.50. The Morgan fingerprint density at radius 1 is 1.25 bits per heavy atom. The van der Waals surface area contributed by atoms with Gasteiger partial charge in [-0.1, -0.05) is 19.8 Å². The van der Waals surface area contributed by atoms with Crippen LogP contribution in [0.3, 0.4) is 0 Å². The summed E-state index contributed by atoms with van der Waals surface area (Å²) in [6.45, 7) is 7.53. The molecular weight excluding hydrogens is 148 g/mol. The maximum absolute atomic E-state index is 5.72. The summed E-state index contributed by atoms with van der Waals surface area (Å²) in [5.74, 6) is 0. The first-order chi connectivity index (χ1) is 5.68. The number of hydrogen-bond donors (Lipinski definition) is 0. The fourth-order valence-electron chi connectivity index (χ4n) is 2.07. The number of ether oxygens (including phenoxy) is 1. The molecule has 1 saturated carbocycles. The Bertz CT molecular complexity index is 123. The van der Waals surface area contributed by atoms with Crippen molar-refractivity contribution in [2.24, 2.45) is 5.41 Å². The van der Waals surface area contributed by atoms with Gasteiger partial charge in [-0.25, -0.2) is 0 Å². The Labute approximate surface area is 76.5 Å². The quantitative estimate of drug-likeness (QED) is 0.628. The van der Waals surface area contributed by atoms with E-state index in [0.717, 1.165) is 6.61 Å². The molecular formula is C11H22O. The van der Waals surface area contributed by atoms with Gasteiger partial charge in [-0.2, -0.15) is 0 Å². The molecule has 1 rings (SSSR count). The molecule has 0 aromatic heterocycles. The lowest BCUT2D eigenvalue weighted by Gasteiger charge is -2.28. The lowest BCUT2D eigenvalue weighted by Crippen LogP contribution is -2.24. The monoisotopic (exact) mass is 170 g/mol. The summed E-state index contributed by atoms with van der Waals surface area (Å²) in [5, 5.41) is 0. The van der Waals surface area contributed by atoms with Crippen LogP contribution in [0.15, 0.2) is 0 Å². The van der Waals surface area contributed by atoms with Gasteiger partial charge < -0.3 is 4.74 Å². The minimum atomic E-state index is 0.397. The van der Waals surface area contributed by atoms with E-state index in [1.807, 2.05) is 0 Å². The molecule has 0 atom stereocenters. The molecule has 1 aliphatic rings. The van der Waals surface area contributed by atoms with Crippen LogP contribution in [0.4, 0.5) is 0 Å². The third-order valence-electron chi connectivity index (χ3n) is 3.14. The van der Waals surface area contributed by atoms with Crippen molar-refractivity contribution < 1.29 is 4.74 Å². The number of rotatable bonds is 4. The molecule has 0 amide bonds. The fraction of sp³-hybridized carbons (Fsp3) is 1.00. The minimum absolute atomic E-state index is 0.397. The zero-order valence-electron chi connectivity index (χ0n) is 8.73. The maximum Gasteiger partial charge on any atom is 0.0525 e. The van der Waals surface area contributed by atoms with Crippen molar-refractivity contribution in [1.82, 2.24) is 0 Å². The lowest BCUT2D eigenvalue weighted by atomic mass is 9.84. The Kier molecular flexibility index (Phi) is 3.57. The molecule has 0 aliphatic heterocycles. The van der Waals surface area contributed by atoms with Gasteiger partial charge in [0.05, 0.1) is 12.7 Å². The first-order valence-electron chi connectivity index (χ1n) is 5.30. The Hall–Kier alpha value is -0.0400. The summed E-state index contributed by atoms with van der Waals surface area (Å²) in [4.78, 5) is 0. The molecule has 0 heterocycles. The van der Waals surface area contributed by atoms with Gasteiger partial charge in [0.2, 0.25) is 0 Å². The topological polar surface area (TPSA) is 9.23 Å². The van der Waals surface area contributed by atoms with Gasteiger partial charge in [0.1, 0.15) is 0 Å². The lowest BCUT2D eigenvalue weighted by molar-refractivity contribution is 0.00731. The molecule has 0 aromatic rings. The second kappa shape index (κ2) is 4.27. The van der Waals surface area contributed by atoms with E-state index < -0.39 is 0 Å². The Balaban J connectivity index is 2.34. The SMILES string of the molecule is CCC1(COC(C)C)CCCC1. The highest BCUT2D eigenvalue weighted by Crippen LogP contribution is 2.41. The molecule has 1 nitrogen and oxygen atoms in total. The highest BCUT2D eigenvalue weighted by Gasteiger charge is 2.32. The standard InChI is InChI=1S/C11H22O/c1-4-11(7-5-6-8-11)9-12-10(2)3/h10H,4-9H2,1-3H3. The van der Waals surface area contributed by atoms with E-state index in [0.29, 0.717) is 11.5 Å². The smallest absolute Gasteiger partial charge is 0.0525 e. The minimum Gasteiger partial charge on any atom is -0.378 e. The van der Waals surface area contributed by atoms with E-state index in [1.165, 1.54) is 32.1 Å². The predicted molar refractivity (Wildman–Crippen MR) is 52.3 cm³/mol. The third kappa shape index (κ3) is 2.48. The average molecular weight is 170 g/mol. The van der Waals surface area contributed by atoms with Crippen LogP contribution in [0.5, 0.6) is 0 Å². The summed E-state index contributed by atoms with van der Waals surface area (Å²) in [5.41, 5.74) is 0.546. The second-order valence-corrected chi connectivity index (χ2v) is 4.42. The molecule has 12 heavy (non-hydrogen) atoms. The van der Waals surface area contributed by atoms with Gasteiger partial charge in [-0.15, -0.1) is 0 Å². The van der Waals surface area contributed by atoms with Crippen molar-refractivity contribution in [3.05, 3.63) is 0 Å². The van der Waals surface area contributed by atoms with Crippen molar-refractivity contribution in [1.29, 1.82) is 0 Å². The van der Waals surface area contributed by atoms with Crippen LogP contribution in [0, 0.1) is 5.41 Å². The highest BCUT2D eigenvalue weighted by molar-refractivity contribution is 4.83. The van der Waals surface area contributed by atoms with Gasteiger partial charge in [-0.05, 0) is 38.5 Å². The third-order valence-corrected chi connectivity index (χ3v) is 3.14. The highest BCUT2D eigenvalue weighted by atomic mass is 16.5. The summed E-state index contributed by atoms with van der Waals surface area (Å²) < 4.78 is 5.72. The van der Waals surface area contributed by atoms with Crippen molar-refractivity contribution in [3.63, 3.8) is 0 Å². The Morgan fingerprint density at radius 2 is 1.83 bits per heavy atom. The van der Waals surface area contributed by atoms with Crippen molar-refractivity contribution in [2.45, 2.75) is 59.0 Å². The molecule has 0 spiro atoms. The van der Waals surface area contributed by atoms with Crippen LogP contribution < -0.4 is 0 Å². The van der Waals surface area contributed by atoms with Crippen LogP contribution in [-0.4, -0.2) is 12.7 Å². The molecule has 0 radical (unpaired) electrons. The van der Waals surface area contributed by atoms with E-state index in [9.17, 15) is 0 Å². The van der Waals surface area contributed by atoms with Crippen LogP contribution in [0.25, 0.3) is 0 Å². The zero-order chi connectivity index (χ0) is 9.03. The first kappa shape index (κ1) is 10.0. The van der Waals surface area contributed by atoms with E-state index in [-0.39, 0.29) is 0 Å². The summed E-state index contributed by atoms with van der Waals surface area (Å²) in [6.07, 6.45) is 7.28. The fourth-order valence-corrected chi connectivity index (χ4v) is 2.07. The predicted octanol–water partition coefficient (Wildman–Crippen LogP) is 3.38. The van der Waals surface area contributed by atoms with Gasteiger partial charge in [0, 0.05) is 0 Å². The normalized spacial score (nSPS) is 22.0. The van der Waals surface area contributed by atoms with Crippen molar-refractivity contribution in [2.75, 3.05) is 6.61 Å². The maximum atomic E-state index is 5.72. The molecule has 0 aromatic carbocycles. The van der Waals surface area contributed by atoms with Gasteiger partial charge >= 0.3 is 0 Å². The zero-order valence-corrected chi connectivity index (χ0v) is 8.73. The van der Waals surface area contributed by atoms with E-state index >= 15 is 0 Å². The molecule has 72 valence electrons. The summed E-state index contributed by atoms with van der Waals surface area (Å²) in [7, 11) is 0. The van der Waals surface area contributed by atoms with Gasteiger partial charge in [-0.3, -0.25) is 0 Å². The number of hydrogen-bond acceptors (Lipinski definition) is 1. The largest absolute Gasteiger partial charge is 0.378 e. The molecule has 1 heteroatoms. The van der Waals surface area contributed by atoms with Gasteiger partial charge in [0.25, 0.3) is 0 Å². The summed E-state index contributed by atoms with van der Waals surface area (Å²) in [6, 6.07) is 0. The van der Waals surface area contributed by atoms with E-state index in [1.54, 1.807) is 0 Å². The molecule has 0 saturated heterocycles. The van der Waals surface area contributed by atoms with Crippen molar-refractivity contribution >= 4 is 0 Å². The van der Waals surface area contributed by atoms with Gasteiger partial charge in [0.15, 0.2) is 0 Å². The van der Waals surface area contributed by atoms with Crippen LogP contribution in [-0.2, 0) is 4.74 Å². The molecule has 0 unspecified atom stereocenters. The molecule has 0 bridgehead atoms. The molecule has 1 fully saturated rings. The molecule has 1 aliphatic carbocycles. The van der Waals surface area contributed by atoms with Crippen LogP contribution in [0.2, 0.25) is 0 Å². The van der Waals surface area contributed by atoms with Crippen molar-refractivity contribution in [3.8, 4) is 0 Å². The second-order valence-electron chi connectivity index (χ2n) is 4.42. The van der Waals surface area contributed by atoms with Crippen LogP contribution >= 0.6 is 0 Å². The molecule has 0 N–H and O–H groups in total. The van der Waals surface area contributed by atoms with Crippen LogP contribution in [0.1, 0.15) is 52.9 Å². The van der Waals surface area contributed by atoms with E-state index in [4.69, 9.17) is 4.74 Å². The van der Waals surface area contributed by atoms with E-state index in [2.05, 4.69) is 20.8 Å². The first-order valence-corrected chi connectivity index (χ1v) is 5.30. The summed E-state index contributed by atoms with van der Waals surface area (Å²) >= 11 is 0.